The summed E-state index contributed by atoms with van der Waals surface area (Å²) in [5.74, 6) is 0.476. The minimum absolute atomic E-state index is 0.0181. The Morgan fingerprint density at radius 3 is 2.64 bits per heavy atom. The number of hydrogen-bond donors (Lipinski definition) is 1. The monoisotopic (exact) mass is 298 g/mol. The van der Waals surface area contributed by atoms with Gasteiger partial charge in [-0.1, -0.05) is 12.1 Å². The second kappa shape index (κ2) is 5.83. The quantitative estimate of drug-likeness (QED) is 0.927. The number of carbonyl (C=O) groups excluding carboxylic acids is 1. The van der Waals surface area contributed by atoms with Crippen LogP contribution in [0.15, 0.2) is 24.3 Å². The van der Waals surface area contributed by atoms with E-state index in [0.29, 0.717) is 11.5 Å². The SMILES string of the molecule is Cc1cccc(-n2nc(C(=O)N3CCCCC3)cc2N)c1C. The lowest BCUT2D eigenvalue weighted by Crippen LogP contribution is -2.35. The second-order valence-electron chi connectivity index (χ2n) is 5.94. The molecule has 0 radical (unpaired) electrons. The number of aryl methyl sites for hydroxylation is 1. The molecule has 0 spiro atoms. The van der Waals surface area contributed by atoms with Crippen molar-refractivity contribution in [2.45, 2.75) is 33.1 Å². The third-order valence-electron chi connectivity index (χ3n) is 4.40. The van der Waals surface area contributed by atoms with E-state index in [1.54, 1.807) is 10.7 Å². The first-order chi connectivity index (χ1) is 10.6. The van der Waals surface area contributed by atoms with E-state index in [0.717, 1.165) is 37.2 Å². The van der Waals surface area contributed by atoms with Gasteiger partial charge in [-0.15, -0.1) is 0 Å². The predicted octanol–water partition coefficient (Wildman–Crippen LogP) is 2.70. The van der Waals surface area contributed by atoms with E-state index >= 15 is 0 Å². The van der Waals surface area contributed by atoms with Crippen LogP contribution in [0.25, 0.3) is 5.69 Å². The Balaban J connectivity index is 1.93. The van der Waals surface area contributed by atoms with Gasteiger partial charge in [0, 0.05) is 19.2 Å². The van der Waals surface area contributed by atoms with Gasteiger partial charge in [-0.3, -0.25) is 4.79 Å². The number of amides is 1. The van der Waals surface area contributed by atoms with Crippen molar-refractivity contribution in [2.75, 3.05) is 18.8 Å². The Bertz CT molecular complexity index is 699. The summed E-state index contributed by atoms with van der Waals surface area (Å²) in [4.78, 5) is 14.4. The van der Waals surface area contributed by atoms with Gasteiger partial charge in [0.1, 0.15) is 5.82 Å². The molecule has 5 nitrogen and oxygen atoms in total. The van der Waals surface area contributed by atoms with E-state index in [-0.39, 0.29) is 5.91 Å². The molecule has 2 heterocycles. The van der Waals surface area contributed by atoms with Crippen LogP contribution in [-0.2, 0) is 0 Å². The molecule has 0 saturated carbocycles. The maximum Gasteiger partial charge on any atom is 0.274 e. The molecular formula is C17H22N4O. The molecule has 0 aliphatic carbocycles. The molecule has 2 aromatic rings. The van der Waals surface area contributed by atoms with Crippen molar-refractivity contribution >= 4 is 11.7 Å². The minimum atomic E-state index is -0.0181. The maximum absolute atomic E-state index is 12.5. The number of rotatable bonds is 2. The highest BCUT2D eigenvalue weighted by Gasteiger charge is 2.22. The van der Waals surface area contributed by atoms with Crippen LogP contribution in [-0.4, -0.2) is 33.7 Å². The largest absolute Gasteiger partial charge is 0.384 e. The van der Waals surface area contributed by atoms with Gasteiger partial charge in [-0.05, 0) is 50.3 Å². The molecule has 1 aliphatic heterocycles. The molecule has 22 heavy (non-hydrogen) atoms. The number of piperidine rings is 1. The van der Waals surface area contributed by atoms with Gasteiger partial charge in [-0.25, -0.2) is 4.68 Å². The number of aromatic nitrogens is 2. The van der Waals surface area contributed by atoms with Gasteiger partial charge in [0.2, 0.25) is 0 Å². The molecule has 1 fully saturated rings. The van der Waals surface area contributed by atoms with E-state index in [1.807, 2.05) is 24.0 Å². The highest BCUT2D eigenvalue weighted by Crippen LogP contribution is 2.22. The summed E-state index contributed by atoms with van der Waals surface area (Å²) in [5.41, 5.74) is 9.74. The van der Waals surface area contributed by atoms with Crippen LogP contribution in [0, 0.1) is 13.8 Å². The third-order valence-corrected chi connectivity index (χ3v) is 4.40. The number of nitrogens with zero attached hydrogens (tertiary/aromatic N) is 3. The smallest absolute Gasteiger partial charge is 0.274 e. The van der Waals surface area contributed by atoms with Gasteiger partial charge in [0.25, 0.3) is 5.91 Å². The lowest BCUT2D eigenvalue weighted by Gasteiger charge is -2.25. The van der Waals surface area contributed by atoms with Crippen LogP contribution < -0.4 is 5.73 Å². The van der Waals surface area contributed by atoms with E-state index < -0.39 is 0 Å². The van der Waals surface area contributed by atoms with Crippen LogP contribution in [0.1, 0.15) is 40.9 Å². The molecule has 1 aromatic carbocycles. The number of likely N-dealkylation sites (tertiary alicyclic amines) is 1. The Kier molecular flexibility index (Phi) is 3.88. The molecule has 116 valence electrons. The van der Waals surface area contributed by atoms with Crippen molar-refractivity contribution in [3.63, 3.8) is 0 Å². The summed E-state index contributed by atoms with van der Waals surface area (Å²) in [5, 5.41) is 4.46. The van der Waals surface area contributed by atoms with Gasteiger partial charge >= 0.3 is 0 Å². The third kappa shape index (κ3) is 2.58. The van der Waals surface area contributed by atoms with Crippen LogP contribution in [0.5, 0.6) is 0 Å². The normalized spacial score (nSPS) is 15.1. The lowest BCUT2D eigenvalue weighted by atomic mass is 10.1. The number of nitrogens with two attached hydrogens (primary N) is 1. The summed E-state index contributed by atoms with van der Waals surface area (Å²) in [6.07, 6.45) is 3.33. The summed E-state index contributed by atoms with van der Waals surface area (Å²) in [7, 11) is 0. The first-order valence-electron chi connectivity index (χ1n) is 7.79. The van der Waals surface area contributed by atoms with Crippen LogP contribution in [0.4, 0.5) is 5.82 Å². The van der Waals surface area contributed by atoms with Crippen molar-refractivity contribution in [3.05, 3.63) is 41.1 Å². The molecule has 0 bridgehead atoms. The van der Waals surface area contributed by atoms with Crippen LogP contribution in [0.2, 0.25) is 0 Å². The van der Waals surface area contributed by atoms with E-state index in [4.69, 9.17) is 5.73 Å². The Hall–Kier alpha value is -2.30. The summed E-state index contributed by atoms with van der Waals surface area (Å²) >= 11 is 0. The van der Waals surface area contributed by atoms with Gasteiger partial charge < -0.3 is 10.6 Å². The van der Waals surface area contributed by atoms with Crippen LogP contribution >= 0.6 is 0 Å². The van der Waals surface area contributed by atoms with Gasteiger partial charge in [-0.2, -0.15) is 5.10 Å². The first kappa shape index (κ1) is 14.6. The molecule has 1 aliphatic rings. The highest BCUT2D eigenvalue weighted by atomic mass is 16.2. The fourth-order valence-corrected chi connectivity index (χ4v) is 2.92. The molecule has 3 rings (SSSR count). The van der Waals surface area contributed by atoms with Gasteiger partial charge in [0.15, 0.2) is 5.69 Å². The van der Waals surface area contributed by atoms with E-state index in [1.165, 1.54) is 12.0 Å². The van der Waals surface area contributed by atoms with E-state index in [9.17, 15) is 4.79 Å². The number of carbonyl (C=O) groups is 1. The van der Waals surface area contributed by atoms with Crippen molar-refractivity contribution in [3.8, 4) is 5.69 Å². The summed E-state index contributed by atoms with van der Waals surface area (Å²) < 4.78 is 1.67. The molecule has 0 atom stereocenters. The van der Waals surface area contributed by atoms with Crippen LogP contribution in [0.3, 0.4) is 0 Å². The Labute approximate surface area is 130 Å². The Morgan fingerprint density at radius 2 is 1.91 bits per heavy atom. The van der Waals surface area contributed by atoms with Crippen molar-refractivity contribution in [2.24, 2.45) is 0 Å². The first-order valence-corrected chi connectivity index (χ1v) is 7.79. The number of nitrogen functional groups attached to an aromatic ring is 1. The molecule has 0 unspecified atom stereocenters. The maximum atomic E-state index is 12.5. The Morgan fingerprint density at radius 1 is 1.18 bits per heavy atom. The average molecular weight is 298 g/mol. The highest BCUT2D eigenvalue weighted by molar-refractivity contribution is 5.93. The molecule has 2 N–H and O–H groups in total. The molecule has 1 saturated heterocycles. The number of anilines is 1. The zero-order valence-electron chi connectivity index (χ0n) is 13.2. The molecule has 1 aromatic heterocycles. The van der Waals surface area contributed by atoms with Gasteiger partial charge in [0.05, 0.1) is 5.69 Å². The zero-order valence-corrected chi connectivity index (χ0v) is 13.2. The zero-order chi connectivity index (χ0) is 15.7. The summed E-state index contributed by atoms with van der Waals surface area (Å²) in [6.45, 7) is 5.72. The topological polar surface area (TPSA) is 64.2 Å². The number of hydrogen-bond acceptors (Lipinski definition) is 3. The van der Waals surface area contributed by atoms with Crippen molar-refractivity contribution in [1.82, 2.24) is 14.7 Å². The minimum Gasteiger partial charge on any atom is -0.384 e. The standard InChI is InChI=1S/C17H22N4O/c1-12-7-6-8-15(13(12)2)21-16(18)11-14(19-21)17(22)20-9-4-3-5-10-20/h6-8,11H,3-5,9-10,18H2,1-2H3. The van der Waals surface area contributed by atoms with E-state index in [2.05, 4.69) is 18.1 Å². The molecule has 5 heteroatoms. The predicted molar refractivity (Wildman–Crippen MR) is 87.2 cm³/mol. The summed E-state index contributed by atoms with van der Waals surface area (Å²) in [6, 6.07) is 7.68. The molecular weight excluding hydrogens is 276 g/mol. The molecule has 1 amide bonds. The fraction of sp³-hybridized carbons (Fsp3) is 0.412. The fourth-order valence-electron chi connectivity index (χ4n) is 2.92. The van der Waals surface area contributed by atoms with Crippen molar-refractivity contribution in [1.29, 1.82) is 0 Å². The second-order valence-corrected chi connectivity index (χ2v) is 5.94. The average Bonchev–Trinajstić information content (AvgIpc) is 2.92. The number of benzene rings is 1. The lowest BCUT2D eigenvalue weighted by molar-refractivity contribution is 0.0718. The van der Waals surface area contributed by atoms with Crippen molar-refractivity contribution < 1.29 is 4.79 Å².